The van der Waals surface area contributed by atoms with E-state index in [0.717, 1.165) is 26.3 Å². The van der Waals surface area contributed by atoms with Crippen molar-refractivity contribution in [2.45, 2.75) is 0 Å². The molecule has 0 unspecified atom stereocenters. The number of anilines is 1. The zero-order chi connectivity index (χ0) is 10.4. The first kappa shape index (κ1) is 8.73. The van der Waals surface area contributed by atoms with Gasteiger partial charge in [0.1, 0.15) is 5.82 Å². The van der Waals surface area contributed by atoms with Gasteiger partial charge < -0.3 is 10.7 Å². The fourth-order valence-corrected chi connectivity index (χ4v) is 2.18. The Balaban J connectivity index is 2.58. The standard InChI is InChI=1S/C11H8BrN3/c12-6-1-2-9-8(5-6)7-3-4-14-11(13)10(7)15-9/h1-5,15H,(H2,13,14). The summed E-state index contributed by atoms with van der Waals surface area (Å²) < 4.78 is 1.06. The number of rotatable bonds is 0. The van der Waals surface area contributed by atoms with Crippen LogP contribution in [0.5, 0.6) is 0 Å². The Morgan fingerprint density at radius 2 is 2.07 bits per heavy atom. The first-order valence-electron chi connectivity index (χ1n) is 4.57. The molecule has 1 aromatic carbocycles. The largest absolute Gasteiger partial charge is 0.382 e. The van der Waals surface area contributed by atoms with Gasteiger partial charge in [-0.3, -0.25) is 0 Å². The lowest BCUT2D eigenvalue weighted by atomic mass is 10.2. The molecule has 0 aliphatic rings. The number of nitrogen functional groups attached to an aromatic ring is 1. The molecule has 74 valence electrons. The third-order valence-corrected chi connectivity index (χ3v) is 3.01. The van der Waals surface area contributed by atoms with E-state index in [2.05, 4.69) is 32.0 Å². The second kappa shape index (κ2) is 2.97. The predicted octanol–water partition coefficient (Wildman–Crippen LogP) is 3.06. The lowest BCUT2D eigenvalue weighted by molar-refractivity contribution is 1.35. The summed E-state index contributed by atoms with van der Waals surface area (Å²) in [6, 6.07) is 8.07. The number of fused-ring (bicyclic) bond motifs is 3. The Hall–Kier alpha value is -1.55. The molecule has 0 saturated heterocycles. The molecule has 2 aromatic heterocycles. The van der Waals surface area contributed by atoms with Crippen molar-refractivity contribution in [1.82, 2.24) is 9.97 Å². The number of aromatic nitrogens is 2. The third-order valence-electron chi connectivity index (χ3n) is 2.51. The third kappa shape index (κ3) is 1.22. The van der Waals surface area contributed by atoms with Gasteiger partial charge in [-0.15, -0.1) is 0 Å². The van der Waals surface area contributed by atoms with Gasteiger partial charge in [-0.05, 0) is 24.3 Å². The van der Waals surface area contributed by atoms with Crippen molar-refractivity contribution in [2.75, 3.05) is 5.73 Å². The number of pyridine rings is 1. The number of nitrogens with one attached hydrogen (secondary N) is 1. The van der Waals surface area contributed by atoms with Crippen LogP contribution in [0.25, 0.3) is 21.8 Å². The molecular weight excluding hydrogens is 254 g/mol. The fraction of sp³-hybridized carbons (Fsp3) is 0. The maximum Gasteiger partial charge on any atom is 0.147 e. The smallest absolute Gasteiger partial charge is 0.147 e. The molecular formula is C11H8BrN3. The zero-order valence-electron chi connectivity index (χ0n) is 7.79. The van der Waals surface area contributed by atoms with E-state index in [9.17, 15) is 0 Å². The van der Waals surface area contributed by atoms with Crippen LogP contribution in [0.4, 0.5) is 5.82 Å². The van der Waals surface area contributed by atoms with Gasteiger partial charge in [-0.1, -0.05) is 15.9 Å². The molecule has 0 bridgehead atoms. The summed E-state index contributed by atoms with van der Waals surface area (Å²) >= 11 is 3.46. The molecule has 3 N–H and O–H groups in total. The Bertz CT molecular complexity index is 657. The summed E-state index contributed by atoms with van der Waals surface area (Å²) in [7, 11) is 0. The van der Waals surface area contributed by atoms with E-state index in [-0.39, 0.29) is 0 Å². The highest BCUT2D eigenvalue weighted by Gasteiger charge is 2.06. The zero-order valence-corrected chi connectivity index (χ0v) is 9.38. The van der Waals surface area contributed by atoms with Gasteiger partial charge in [0.2, 0.25) is 0 Å². The van der Waals surface area contributed by atoms with Crippen molar-refractivity contribution in [3.63, 3.8) is 0 Å². The second-order valence-corrected chi connectivity index (χ2v) is 4.35. The van der Waals surface area contributed by atoms with E-state index in [0.29, 0.717) is 5.82 Å². The summed E-state index contributed by atoms with van der Waals surface area (Å²) in [5.41, 5.74) is 7.79. The van der Waals surface area contributed by atoms with Gasteiger partial charge in [0.25, 0.3) is 0 Å². The average molecular weight is 262 g/mol. The number of hydrogen-bond acceptors (Lipinski definition) is 2. The highest BCUT2D eigenvalue weighted by molar-refractivity contribution is 9.10. The van der Waals surface area contributed by atoms with Crippen molar-refractivity contribution in [3.05, 3.63) is 34.9 Å². The molecule has 15 heavy (non-hydrogen) atoms. The Morgan fingerprint density at radius 3 is 2.93 bits per heavy atom. The molecule has 0 amide bonds. The lowest BCUT2D eigenvalue weighted by Gasteiger charge is -1.93. The number of halogens is 1. The highest BCUT2D eigenvalue weighted by Crippen LogP contribution is 2.29. The number of hydrogen-bond donors (Lipinski definition) is 2. The van der Waals surface area contributed by atoms with Gasteiger partial charge >= 0.3 is 0 Å². The van der Waals surface area contributed by atoms with E-state index < -0.39 is 0 Å². The van der Waals surface area contributed by atoms with Gasteiger partial charge in [-0.25, -0.2) is 4.98 Å². The number of benzene rings is 1. The predicted molar refractivity (Wildman–Crippen MR) is 65.7 cm³/mol. The minimum Gasteiger partial charge on any atom is -0.382 e. The van der Waals surface area contributed by atoms with Crippen LogP contribution in [0.3, 0.4) is 0 Å². The molecule has 3 aromatic rings. The number of nitrogens with two attached hydrogens (primary N) is 1. The molecule has 3 rings (SSSR count). The lowest BCUT2D eigenvalue weighted by Crippen LogP contribution is -1.89. The monoisotopic (exact) mass is 261 g/mol. The van der Waals surface area contributed by atoms with Crippen LogP contribution >= 0.6 is 15.9 Å². The van der Waals surface area contributed by atoms with Crippen LogP contribution in [0, 0.1) is 0 Å². The van der Waals surface area contributed by atoms with E-state index in [1.165, 1.54) is 0 Å². The summed E-state index contributed by atoms with van der Waals surface area (Å²) in [4.78, 5) is 7.32. The maximum absolute atomic E-state index is 5.80. The van der Waals surface area contributed by atoms with E-state index in [4.69, 9.17) is 5.73 Å². The molecule has 2 heterocycles. The number of H-pyrrole nitrogens is 1. The summed E-state index contributed by atoms with van der Waals surface area (Å²) in [5.74, 6) is 0.542. The topological polar surface area (TPSA) is 54.7 Å². The van der Waals surface area contributed by atoms with Crippen LogP contribution in [0.1, 0.15) is 0 Å². The van der Waals surface area contributed by atoms with Crippen LogP contribution in [0.2, 0.25) is 0 Å². The normalized spacial score (nSPS) is 11.3. The van der Waals surface area contributed by atoms with Crippen LogP contribution in [-0.4, -0.2) is 9.97 Å². The van der Waals surface area contributed by atoms with Gasteiger partial charge in [-0.2, -0.15) is 0 Å². The SMILES string of the molecule is Nc1nccc2c1[nH]c1ccc(Br)cc12. The fourth-order valence-electron chi connectivity index (χ4n) is 1.82. The summed E-state index contributed by atoms with van der Waals surface area (Å²) in [6.45, 7) is 0. The highest BCUT2D eigenvalue weighted by atomic mass is 79.9. The molecule has 0 radical (unpaired) electrons. The molecule has 0 atom stereocenters. The van der Waals surface area contributed by atoms with Crippen molar-refractivity contribution >= 4 is 43.6 Å². The molecule has 3 nitrogen and oxygen atoms in total. The number of nitrogens with zero attached hydrogens (tertiary/aromatic N) is 1. The Labute approximate surface area is 94.4 Å². The van der Waals surface area contributed by atoms with Gasteiger partial charge in [0.05, 0.1) is 5.52 Å². The van der Waals surface area contributed by atoms with E-state index in [1.54, 1.807) is 6.20 Å². The first-order valence-corrected chi connectivity index (χ1v) is 5.36. The second-order valence-electron chi connectivity index (χ2n) is 3.43. The van der Waals surface area contributed by atoms with Crippen molar-refractivity contribution in [3.8, 4) is 0 Å². The average Bonchev–Trinajstić information content (AvgIpc) is 2.58. The van der Waals surface area contributed by atoms with Gasteiger partial charge in [0, 0.05) is 27.0 Å². The Kier molecular flexibility index (Phi) is 1.73. The molecule has 4 heteroatoms. The minimum atomic E-state index is 0.542. The van der Waals surface area contributed by atoms with E-state index >= 15 is 0 Å². The van der Waals surface area contributed by atoms with Crippen molar-refractivity contribution in [1.29, 1.82) is 0 Å². The van der Waals surface area contributed by atoms with Crippen LogP contribution < -0.4 is 5.73 Å². The first-order chi connectivity index (χ1) is 7.25. The number of aromatic amines is 1. The molecule has 0 spiro atoms. The van der Waals surface area contributed by atoms with E-state index in [1.807, 2.05) is 18.2 Å². The molecule has 0 saturated carbocycles. The molecule has 0 aliphatic carbocycles. The Morgan fingerprint density at radius 1 is 1.20 bits per heavy atom. The van der Waals surface area contributed by atoms with Crippen molar-refractivity contribution in [2.24, 2.45) is 0 Å². The van der Waals surface area contributed by atoms with Crippen LogP contribution in [0.15, 0.2) is 34.9 Å². The summed E-state index contributed by atoms with van der Waals surface area (Å²) in [5, 5.41) is 2.27. The minimum absolute atomic E-state index is 0.542. The van der Waals surface area contributed by atoms with Gasteiger partial charge in [0.15, 0.2) is 0 Å². The summed E-state index contributed by atoms with van der Waals surface area (Å²) in [6.07, 6.45) is 1.73. The van der Waals surface area contributed by atoms with Crippen LogP contribution in [-0.2, 0) is 0 Å². The molecule has 0 aliphatic heterocycles. The molecule has 0 fully saturated rings. The maximum atomic E-state index is 5.80. The van der Waals surface area contributed by atoms with Crippen molar-refractivity contribution < 1.29 is 0 Å². The quantitative estimate of drug-likeness (QED) is 0.654.